The lowest BCUT2D eigenvalue weighted by Gasteiger charge is -1.99. The number of amides is 1. The SMILES string of the molecule is O=C(O)CNC(=O)/C=C/c1ccc2ccccc2c1. The maximum atomic E-state index is 11.3. The molecule has 2 aromatic rings. The van der Waals surface area contributed by atoms with Crippen LogP contribution in [0.1, 0.15) is 5.56 Å². The van der Waals surface area contributed by atoms with E-state index in [-0.39, 0.29) is 6.54 Å². The van der Waals surface area contributed by atoms with Crippen LogP contribution in [-0.2, 0) is 9.59 Å². The van der Waals surface area contributed by atoms with Gasteiger partial charge in [0, 0.05) is 6.08 Å². The van der Waals surface area contributed by atoms with Crippen LogP contribution < -0.4 is 5.32 Å². The molecule has 0 aromatic heterocycles. The highest BCUT2D eigenvalue weighted by Gasteiger charge is 1.99. The Morgan fingerprint density at radius 3 is 2.58 bits per heavy atom. The first-order valence-corrected chi connectivity index (χ1v) is 5.82. The van der Waals surface area contributed by atoms with E-state index in [1.807, 2.05) is 42.5 Å². The van der Waals surface area contributed by atoms with Crippen molar-refractivity contribution in [3.05, 3.63) is 54.1 Å². The van der Waals surface area contributed by atoms with Gasteiger partial charge < -0.3 is 10.4 Å². The summed E-state index contributed by atoms with van der Waals surface area (Å²) >= 11 is 0. The van der Waals surface area contributed by atoms with Gasteiger partial charge in [-0.1, -0.05) is 36.4 Å². The third kappa shape index (κ3) is 3.67. The lowest BCUT2D eigenvalue weighted by atomic mass is 10.1. The predicted octanol–water partition coefficient (Wildman–Crippen LogP) is 2.05. The average molecular weight is 255 g/mol. The summed E-state index contributed by atoms with van der Waals surface area (Å²) < 4.78 is 0. The zero-order valence-corrected chi connectivity index (χ0v) is 10.2. The molecule has 96 valence electrons. The second-order valence-electron chi connectivity index (χ2n) is 4.05. The van der Waals surface area contributed by atoms with Gasteiger partial charge >= 0.3 is 5.97 Å². The molecule has 0 unspecified atom stereocenters. The van der Waals surface area contributed by atoms with E-state index in [0.717, 1.165) is 16.3 Å². The van der Waals surface area contributed by atoms with Crippen molar-refractivity contribution in [1.29, 1.82) is 0 Å². The Morgan fingerprint density at radius 2 is 1.84 bits per heavy atom. The third-order valence-electron chi connectivity index (χ3n) is 2.61. The van der Waals surface area contributed by atoms with Gasteiger partial charge in [-0.3, -0.25) is 9.59 Å². The van der Waals surface area contributed by atoms with Crippen molar-refractivity contribution in [2.24, 2.45) is 0 Å². The highest BCUT2D eigenvalue weighted by Crippen LogP contribution is 2.16. The Balaban J connectivity index is 2.08. The number of carbonyl (C=O) groups is 2. The molecule has 2 N–H and O–H groups in total. The molecule has 0 atom stereocenters. The van der Waals surface area contributed by atoms with Crippen LogP contribution in [0.25, 0.3) is 16.8 Å². The Morgan fingerprint density at radius 1 is 1.11 bits per heavy atom. The maximum Gasteiger partial charge on any atom is 0.322 e. The number of hydrogen-bond donors (Lipinski definition) is 2. The highest BCUT2D eigenvalue weighted by molar-refractivity contribution is 5.94. The summed E-state index contributed by atoms with van der Waals surface area (Å²) in [5.41, 5.74) is 0.893. The fourth-order valence-electron chi connectivity index (χ4n) is 1.71. The summed E-state index contributed by atoms with van der Waals surface area (Å²) in [4.78, 5) is 21.6. The van der Waals surface area contributed by atoms with E-state index in [4.69, 9.17) is 5.11 Å². The second-order valence-corrected chi connectivity index (χ2v) is 4.05. The second kappa shape index (κ2) is 5.82. The lowest BCUT2D eigenvalue weighted by Crippen LogP contribution is -2.27. The van der Waals surface area contributed by atoms with E-state index < -0.39 is 11.9 Å². The maximum absolute atomic E-state index is 11.3. The largest absolute Gasteiger partial charge is 0.480 e. The normalized spacial score (nSPS) is 10.7. The molecule has 0 spiro atoms. The van der Waals surface area contributed by atoms with Gasteiger partial charge in [0.2, 0.25) is 5.91 Å². The van der Waals surface area contributed by atoms with Crippen LogP contribution in [0.3, 0.4) is 0 Å². The van der Waals surface area contributed by atoms with Crippen LogP contribution >= 0.6 is 0 Å². The van der Waals surface area contributed by atoms with Crippen molar-refractivity contribution >= 4 is 28.7 Å². The Labute approximate surface area is 110 Å². The van der Waals surface area contributed by atoms with Crippen molar-refractivity contribution in [1.82, 2.24) is 5.32 Å². The molecule has 19 heavy (non-hydrogen) atoms. The molecular weight excluding hydrogens is 242 g/mol. The molecule has 0 aliphatic heterocycles. The Bertz CT molecular complexity index is 647. The van der Waals surface area contributed by atoms with E-state index in [0.29, 0.717) is 0 Å². The van der Waals surface area contributed by atoms with Gasteiger partial charge in [-0.15, -0.1) is 0 Å². The summed E-state index contributed by atoms with van der Waals surface area (Å²) in [6, 6.07) is 13.8. The number of carbonyl (C=O) groups excluding carboxylic acids is 1. The zero-order chi connectivity index (χ0) is 13.7. The molecule has 0 radical (unpaired) electrons. The van der Waals surface area contributed by atoms with E-state index in [2.05, 4.69) is 5.32 Å². The molecular formula is C15H13NO3. The van der Waals surface area contributed by atoms with E-state index in [1.165, 1.54) is 6.08 Å². The predicted molar refractivity (Wildman–Crippen MR) is 73.6 cm³/mol. The molecule has 1 amide bonds. The third-order valence-corrected chi connectivity index (χ3v) is 2.61. The molecule has 2 aromatic carbocycles. The van der Waals surface area contributed by atoms with Crippen molar-refractivity contribution in [2.45, 2.75) is 0 Å². The van der Waals surface area contributed by atoms with Gasteiger partial charge in [0.25, 0.3) is 0 Å². The number of fused-ring (bicyclic) bond motifs is 1. The summed E-state index contributed by atoms with van der Waals surface area (Å²) in [6.07, 6.45) is 2.98. The first-order chi connectivity index (χ1) is 9.15. The van der Waals surface area contributed by atoms with E-state index in [9.17, 15) is 9.59 Å². The number of benzene rings is 2. The first-order valence-electron chi connectivity index (χ1n) is 5.82. The zero-order valence-electron chi connectivity index (χ0n) is 10.2. The molecule has 0 bridgehead atoms. The van der Waals surface area contributed by atoms with Gasteiger partial charge in [-0.05, 0) is 28.5 Å². The van der Waals surface area contributed by atoms with Crippen LogP contribution in [0.2, 0.25) is 0 Å². The van der Waals surface area contributed by atoms with Crippen molar-refractivity contribution < 1.29 is 14.7 Å². The van der Waals surface area contributed by atoms with Crippen LogP contribution in [-0.4, -0.2) is 23.5 Å². The summed E-state index contributed by atoms with van der Waals surface area (Å²) in [6.45, 7) is -0.374. The van der Waals surface area contributed by atoms with Gasteiger partial charge in [0.15, 0.2) is 0 Å². The summed E-state index contributed by atoms with van der Waals surface area (Å²) in [5, 5.41) is 12.9. The number of aliphatic carboxylic acids is 1. The van der Waals surface area contributed by atoms with Crippen LogP contribution in [0.15, 0.2) is 48.5 Å². The smallest absolute Gasteiger partial charge is 0.322 e. The number of nitrogens with one attached hydrogen (secondary N) is 1. The Kier molecular flexibility index (Phi) is 3.93. The number of hydrogen-bond acceptors (Lipinski definition) is 2. The molecule has 2 rings (SSSR count). The van der Waals surface area contributed by atoms with Crippen LogP contribution in [0.4, 0.5) is 0 Å². The first kappa shape index (κ1) is 12.8. The minimum atomic E-state index is -1.06. The average Bonchev–Trinajstić information content (AvgIpc) is 2.42. The van der Waals surface area contributed by atoms with Gasteiger partial charge in [0.05, 0.1) is 0 Å². The topological polar surface area (TPSA) is 66.4 Å². The fraction of sp³-hybridized carbons (Fsp3) is 0.0667. The fourth-order valence-corrected chi connectivity index (χ4v) is 1.71. The summed E-state index contributed by atoms with van der Waals surface area (Å²) in [7, 11) is 0. The molecule has 0 aliphatic rings. The van der Waals surface area contributed by atoms with Gasteiger partial charge in [0.1, 0.15) is 6.54 Å². The quantitative estimate of drug-likeness (QED) is 0.822. The lowest BCUT2D eigenvalue weighted by molar-refractivity contribution is -0.137. The monoisotopic (exact) mass is 255 g/mol. The molecule has 0 saturated carbocycles. The standard InChI is InChI=1S/C15H13NO3/c17-14(16-10-15(18)19)8-6-11-5-7-12-3-1-2-4-13(12)9-11/h1-9H,10H2,(H,16,17)(H,18,19)/b8-6+. The number of carboxylic acid groups (broad SMARTS) is 1. The Hall–Kier alpha value is -2.62. The molecule has 0 fully saturated rings. The van der Waals surface area contributed by atoms with Crippen molar-refractivity contribution in [3.63, 3.8) is 0 Å². The van der Waals surface area contributed by atoms with Gasteiger partial charge in [-0.25, -0.2) is 0 Å². The molecule has 0 aliphatic carbocycles. The van der Waals surface area contributed by atoms with Crippen LogP contribution in [0, 0.1) is 0 Å². The van der Waals surface area contributed by atoms with Crippen LogP contribution in [0.5, 0.6) is 0 Å². The summed E-state index contributed by atoms with van der Waals surface area (Å²) in [5.74, 6) is -1.48. The number of carboxylic acids is 1. The molecule has 0 heterocycles. The van der Waals surface area contributed by atoms with Gasteiger partial charge in [-0.2, -0.15) is 0 Å². The molecule has 4 nitrogen and oxygen atoms in total. The van der Waals surface area contributed by atoms with Crippen molar-refractivity contribution in [2.75, 3.05) is 6.54 Å². The minimum Gasteiger partial charge on any atom is -0.480 e. The van der Waals surface area contributed by atoms with E-state index >= 15 is 0 Å². The highest BCUT2D eigenvalue weighted by atomic mass is 16.4. The number of rotatable bonds is 4. The van der Waals surface area contributed by atoms with E-state index in [1.54, 1.807) is 6.08 Å². The van der Waals surface area contributed by atoms with Crippen molar-refractivity contribution in [3.8, 4) is 0 Å². The molecule has 0 saturated heterocycles. The molecule has 4 heteroatoms. The minimum absolute atomic E-state index is 0.374.